The van der Waals surface area contributed by atoms with E-state index in [1.165, 1.54) is 13.1 Å². The minimum Gasteiger partial charge on any atom is -0.452 e. The molecular formula is C23H20N4O4. The lowest BCUT2D eigenvalue weighted by molar-refractivity contribution is -0.153. The van der Waals surface area contributed by atoms with Gasteiger partial charge < -0.3 is 10.1 Å². The Balaban J connectivity index is 1.38. The van der Waals surface area contributed by atoms with Gasteiger partial charge in [-0.1, -0.05) is 18.2 Å². The molecule has 1 N–H and O–H groups in total. The third kappa shape index (κ3) is 4.42. The molecule has 2 aromatic carbocycles. The van der Waals surface area contributed by atoms with E-state index in [-0.39, 0.29) is 18.4 Å². The molecule has 0 aliphatic heterocycles. The summed E-state index contributed by atoms with van der Waals surface area (Å²) in [5.41, 5.74) is 1.81. The van der Waals surface area contributed by atoms with Gasteiger partial charge in [-0.3, -0.25) is 24.0 Å². The van der Waals surface area contributed by atoms with Gasteiger partial charge >= 0.3 is 5.97 Å². The van der Waals surface area contributed by atoms with Gasteiger partial charge in [-0.25, -0.2) is 0 Å². The number of hydrogen-bond acceptors (Lipinski definition) is 6. The van der Waals surface area contributed by atoms with Gasteiger partial charge in [0.25, 0.3) is 5.91 Å². The van der Waals surface area contributed by atoms with Crippen LogP contribution in [-0.2, 0) is 20.9 Å². The zero-order chi connectivity index (χ0) is 21.8. The molecule has 0 bridgehead atoms. The molecule has 0 fully saturated rings. The molecule has 1 atom stereocenters. The molecule has 2 aromatic heterocycles. The number of para-hydroxylation sites is 1. The molecule has 0 saturated heterocycles. The second-order valence-electron chi connectivity index (χ2n) is 7.00. The summed E-state index contributed by atoms with van der Waals surface area (Å²) < 4.78 is 6.86. The summed E-state index contributed by atoms with van der Waals surface area (Å²) in [5, 5.41) is 8.20. The van der Waals surface area contributed by atoms with Crippen molar-refractivity contribution in [3.05, 3.63) is 77.2 Å². The smallest absolute Gasteiger partial charge is 0.308 e. The molecule has 0 aliphatic rings. The number of nitrogens with one attached hydrogen (secondary N) is 1. The van der Waals surface area contributed by atoms with Crippen molar-refractivity contribution in [2.75, 3.05) is 5.32 Å². The highest BCUT2D eigenvalue weighted by Crippen LogP contribution is 2.21. The minimum absolute atomic E-state index is 0.00960. The number of esters is 1. The van der Waals surface area contributed by atoms with Crippen molar-refractivity contribution in [1.82, 2.24) is 14.8 Å². The highest BCUT2D eigenvalue weighted by atomic mass is 16.5. The molecule has 0 saturated carbocycles. The number of fused-ring (bicyclic) bond motifs is 2. The summed E-state index contributed by atoms with van der Waals surface area (Å²) >= 11 is 0. The summed E-state index contributed by atoms with van der Waals surface area (Å²) in [7, 11) is 0. The molecule has 1 amide bonds. The Morgan fingerprint density at radius 3 is 2.74 bits per heavy atom. The van der Waals surface area contributed by atoms with Crippen LogP contribution in [0.15, 0.2) is 71.8 Å². The Bertz CT molecular complexity index is 1330. The number of ether oxygens (including phenoxy) is 1. The number of nitrogens with zero attached hydrogens (tertiary/aromatic N) is 3. The maximum absolute atomic E-state index is 12.5. The van der Waals surface area contributed by atoms with Gasteiger partial charge in [0.05, 0.1) is 35.9 Å². The summed E-state index contributed by atoms with van der Waals surface area (Å²) in [6.45, 7) is 1.74. The Morgan fingerprint density at radius 2 is 1.87 bits per heavy atom. The topological polar surface area (TPSA) is 103 Å². The van der Waals surface area contributed by atoms with E-state index in [0.29, 0.717) is 16.6 Å². The van der Waals surface area contributed by atoms with Crippen LogP contribution in [0, 0.1) is 0 Å². The van der Waals surface area contributed by atoms with Crippen LogP contribution in [0.5, 0.6) is 0 Å². The molecular weight excluding hydrogens is 396 g/mol. The third-order valence-corrected chi connectivity index (χ3v) is 4.87. The van der Waals surface area contributed by atoms with Gasteiger partial charge in [-0.2, -0.15) is 5.10 Å². The number of carbonyl (C=O) groups is 2. The van der Waals surface area contributed by atoms with Crippen LogP contribution in [0.3, 0.4) is 0 Å². The molecule has 4 aromatic rings. The SMILES string of the molecule is CC(OC(=O)CCn1ncc(=O)c2ccccc21)C(=O)Nc1cccc2ncccc12. The molecule has 2 heterocycles. The Morgan fingerprint density at radius 1 is 1.06 bits per heavy atom. The monoisotopic (exact) mass is 416 g/mol. The lowest BCUT2D eigenvalue weighted by Crippen LogP contribution is -2.30. The number of aryl methyl sites for hydroxylation is 1. The van der Waals surface area contributed by atoms with Crippen LogP contribution in [0.25, 0.3) is 21.8 Å². The van der Waals surface area contributed by atoms with E-state index in [9.17, 15) is 14.4 Å². The van der Waals surface area contributed by atoms with Crippen molar-refractivity contribution in [2.24, 2.45) is 0 Å². The summed E-state index contributed by atoms with van der Waals surface area (Å²) in [6.07, 6.45) is 1.94. The van der Waals surface area contributed by atoms with Crippen LogP contribution >= 0.6 is 0 Å². The van der Waals surface area contributed by atoms with E-state index in [1.807, 2.05) is 12.1 Å². The number of hydrogen-bond donors (Lipinski definition) is 1. The molecule has 0 aliphatic carbocycles. The minimum atomic E-state index is -0.974. The predicted octanol–water partition coefficient (Wildman–Crippen LogP) is 2.91. The zero-order valence-corrected chi connectivity index (χ0v) is 16.8. The van der Waals surface area contributed by atoms with E-state index in [4.69, 9.17) is 4.74 Å². The van der Waals surface area contributed by atoms with E-state index in [0.717, 1.165) is 10.9 Å². The number of carbonyl (C=O) groups excluding carboxylic acids is 2. The van der Waals surface area contributed by atoms with Crippen LogP contribution in [0.2, 0.25) is 0 Å². The third-order valence-electron chi connectivity index (χ3n) is 4.87. The molecule has 31 heavy (non-hydrogen) atoms. The molecule has 0 radical (unpaired) electrons. The van der Waals surface area contributed by atoms with Gasteiger partial charge in [-0.05, 0) is 43.3 Å². The lowest BCUT2D eigenvalue weighted by atomic mass is 10.2. The fourth-order valence-corrected chi connectivity index (χ4v) is 3.29. The molecule has 8 nitrogen and oxygen atoms in total. The maximum Gasteiger partial charge on any atom is 0.308 e. The van der Waals surface area contributed by atoms with Crippen molar-refractivity contribution in [1.29, 1.82) is 0 Å². The largest absolute Gasteiger partial charge is 0.452 e. The highest BCUT2D eigenvalue weighted by molar-refractivity contribution is 6.02. The average molecular weight is 416 g/mol. The first-order valence-corrected chi connectivity index (χ1v) is 9.82. The Labute approximate surface area is 177 Å². The van der Waals surface area contributed by atoms with Gasteiger partial charge in [0.15, 0.2) is 6.10 Å². The average Bonchev–Trinajstić information content (AvgIpc) is 2.79. The van der Waals surface area contributed by atoms with E-state index < -0.39 is 18.0 Å². The number of pyridine rings is 1. The number of benzene rings is 2. The van der Waals surface area contributed by atoms with Gasteiger partial charge in [-0.15, -0.1) is 0 Å². The number of anilines is 1. The zero-order valence-electron chi connectivity index (χ0n) is 16.8. The van der Waals surface area contributed by atoms with Crippen molar-refractivity contribution >= 4 is 39.4 Å². The summed E-state index contributed by atoms with van der Waals surface area (Å²) in [5.74, 6) is -0.969. The quantitative estimate of drug-likeness (QED) is 0.485. The van der Waals surface area contributed by atoms with Crippen LogP contribution < -0.4 is 10.7 Å². The summed E-state index contributed by atoms with van der Waals surface area (Å²) in [6, 6.07) is 16.1. The second kappa shape index (κ2) is 8.74. The first kappa shape index (κ1) is 20.2. The molecule has 4 rings (SSSR count). The first-order valence-electron chi connectivity index (χ1n) is 9.82. The standard InChI is InChI=1S/C23H20N4O4/c1-15(23(30)26-19-9-4-8-18-16(19)7-5-12-24-18)31-22(29)11-13-27-20-10-3-2-6-17(20)21(28)14-25-27/h2-10,12,14-15H,11,13H2,1H3,(H,26,30). The van der Waals surface area contributed by atoms with E-state index in [1.54, 1.807) is 53.3 Å². The van der Waals surface area contributed by atoms with Gasteiger partial charge in [0.1, 0.15) is 0 Å². The lowest BCUT2D eigenvalue weighted by Gasteiger charge is -2.15. The molecule has 1 unspecified atom stereocenters. The summed E-state index contributed by atoms with van der Waals surface area (Å²) in [4.78, 5) is 41.0. The molecule has 156 valence electrons. The van der Waals surface area contributed by atoms with Crippen molar-refractivity contribution < 1.29 is 14.3 Å². The van der Waals surface area contributed by atoms with Crippen molar-refractivity contribution in [3.8, 4) is 0 Å². The maximum atomic E-state index is 12.5. The fourth-order valence-electron chi connectivity index (χ4n) is 3.29. The van der Waals surface area contributed by atoms with Crippen molar-refractivity contribution in [3.63, 3.8) is 0 Å². The molecule has 8 heteroatoms. The predicted molar refractivity (Wildman–Crippen MR) is 117 cm³/mol. The van der Waals surface area contributed by atoms with Crippen LogP contribution in [-0.4, -0.2) is 32.7 Å². The van der Waals surface area contributed by atoms with E-state index in [2.05, 4.69) is 15.4 Å². The number of aromatic nitrogens is 3. The van der Waals surface area contributed by atoms with Crippen LogP contribution in [0.1, 0.15) is 13.3 Å². The van der Waals surface area contributed by atoms with E-state index >= 15 is 0 Å². The second-order valence-corrected chi connectivity index (χ2v) is 7.00. The number of rotatable bonds is 6. The first-order chi connectivity index (χ1) is 15.0. The van der Waals surface area contributed by atoms with Gasteiger partial charge in [0, 0.05) is 17.0 Å². The Kier molecular flexibility index (Phi) is 5.70. The van der Waals surface area contributed by atoms with Crippen LogP contribution in [0.4, 0.5) is 5.69 Å². The van der Waals surface area contributed by atoms with Crippen molar-refractivity contribution in [2.45, 2.75) is 26.0 Å². The van der Waals surface area contributed by atoms with Gasteiger partial charge in [0.2, 0.25) is 5.43 Å². The fraction of sp³-hybridized carbons (Fsp3) is 0.174. The Hall–Kier alpha value is -4.07. The molecule has 0 spiro atoms. The normalized spacial score (nSPS) is 11.9. The highest BCUT2D eigenvalue weighted by Gasteiger charge is 2.19. The number of amides is 1.